The molecule has 1 N–H and O–H groups in total. The number of hydrogen-bond donors (Lipinski definition) is 1. The van der Waals surface area contributed by atoms with E-state index in [0.717, 1.165) is 18.0 Å². The molecule has 32 heavy (non-hydrogen) atoms. The quantitative estimate of drug-likeness (QED) is 0.702. The molecule has 1 aromatic rings. The number of thioether (sulfide) groups is 1. The van der Waals surface area contributed by atoms with Gasteiger partial charge in [0.25, 0.3) is 0 Å². The molecule has 1 saturated carbocycles. The van der Waals surface area contributed by atoms with Gasteiger partial charge in [-0.3, -0.25) is 9.78 Å². The van der Waals surface area contributed by atoms with Crippen LogP contribution in [0.5, 0.6) is 0 Å². The monoisotopic (exact) mass is 473 g/mol. The smallest absolute Gasteiger partial charge is 0.417 e. The van der Waals surface area contributed by atoms with Crippen molar-refractivity contribution in [2.24, 2.45) is 5.92 Å². The Morgan fingerprint density at radius 1 is 1.28 bits per heavy atom. The lowest BCUT2D eigenvalue weighted by Crippen LogP contribution is -2.42. The minimum absolute atomic E-state index is 0.0356. The number of rotatable bonds is 4. The SMILES string of the molecule is CCS[C@@H]1CC(NC(=O)OC(C)(C)C)C[C@H]1C(=O)N1CCc2ncc(C(F)(F)F)cc2C1. The van der Waals surface area contributed by atoms with Crippen molar-refractivity contribution in [2.75, 3.05) is 12.3 Å². The Balaban J connectivity index is 1.69. The van der Waals surface area contributed by atoms with Gasteiger partial charge in [0, 0.05) is 42.7 Å². The van der Waals surface area contributed by atoms with E-state index in [1.807, 2.05) is 6.92 Å². The van der Waals surface area contributed by atoms with Gasteiger partial charge in [0.15, 0.2) is 0 Å². The van der Waals surface area contributed by atoms with E-state index in [1.165, 1.54) is 0 Å². The first kappa shape index (κ1) is 24.7. The van der Waals surface area contributed by atoms with Crippen molar-refractivity contribution < 1.29 is 27.5 Å². The van der Waals surface area contributed by atoms with Crippen molar-refractivity contribution in [1.82, 2.24) is 15.2 Å². The summed E-state index contributed by atoms with van der Waals surface area (Å²) in [5.41, 5.74) is -0.356. The highest BCUT2D eigenvalue weighted by Gasteiger charge is 2.42. The number of fused-ring (bicyclic) bond motifs is 1. The largest absolute Gasteiger partial charge is 0.444 e. The standard InChI is InChI=1S/C22H30F3N3O3S/c1-5-32-18-10-15(27-20(30)31-21(2,3)4)9-16(18)19(29)28-7-6-17-13(12-28)8-14(11-26-17)22(23,24)25/h8,11,15-16,18H,5-7,9-10,12H2,1-4H3,(H,27,30)/t15?,16-,18-/m1/s1. The van der Waals surface area contributed by atoms with Crippen molar-refractivity contribution in [2.45, 2.75) is 76.6 Å². The molecule has 2 amide bonds. The number of carbonyl (C=O) groups is 2. The summed E-state index contributed by atoms with van der Waals surface area (Å²) in [6, 6.07) is 0.917. The summed E-state index contributed by atoms with van der Waals surface area (Å²) in [5, 5.41) is 2.91. The summed E-state index contributed by atoms with van der Waals surface area (Å²) in [4.78, 5) is 31.1. The first-order valence-electron chi connectivity index (χ1n) is 10.8. The number of alkyl carbamates (subject to hydrolysis) is 1. The highest BCUT2D eigenvalue weighted by molar-refractivity contribution is 7.99. The minimum Gasteiger partial charge on any atom is -0.444 e. The first-order chi connectivity index (χ1) is 14.9. The van der Waals surface area contributed by atoms with Crippen LogP contribution in [0.15, 0.2) is 12.3 Å². The van der Waals surface area contributed by atoms with Gasteiger partial charge in [-0.2, -0.15) is 24.9 Å². The molecule has 3 rings (SSSR count). The van der Waals surface area contributed by atoms with Gasteiger partial charge >= 0.3 is 12.3 Å². The summed E-state index contributed by atoms with van der Waals surface area (Å²) in [6.45, 7) is 7.93. The number of pyridine rings is 1. The molecule has 6 nitrogen and oxygen atoms in total. The number of aromatic nitrogens is 1. The van der Waals surface area contributed by atoms with Gasteiger partial charge in [-0.15, -0.1) is 0 Å². The molecular weight excluding hydrogens is 443 g/mol. The highest BCUT2D eigenvalue weighted by Crippen LogP contribution is 2.38. The maximum atomic E-state index is 13.4. The first-order valence-corrected chi connectivity index (χ1v) is 11.9. The molecule has 178 valence electrons. The Morgan fingerprint density at radius 2 is 2.00 bits per heavy atom. The minimum atomic E-state index is -4.47. The summed E-state index contributed by atoms with van der Waals surface area (Å²) < 4.78 is 44.6. The molecule has 1 unspecified atom stereocenters. The molecule has 0 radical (unpaired) electrons. The second-order valence-electron chi connectivity index (χ2n) is 9.25. The molecule has 0 saturated heterocycles. The van der Waals surface area contributed by atoms with E-state index in [0.29, 0.717) is 37.1 Å². The van der Waals surface area contributed by atoms with Crippen LogP contribution in [0.2, 0.25) is 0 Å². The lowest BCUT2D eigenvalue weighted by atomic mass is 10.00. The van der Waals surface area contributed by atoms with Crippen LogP contribution in [-0.4, -0.2) is 51.1 Å². The predicted octanol–water partition coefficient (Wildman–Crippen LogP) is 4.41. The number of halogens is 3. The Kier molecular flexibility index (Phi) is 7.31. The number of hydrogen-bond acceptors (Lipinski definition) is 5. The van der Waals surface area contributed by atoms with E-state index in [-0.39, 0.29) is 29.7 Å². The molecule has 2 aliphatic rings. The maximum absolute atomic E-state index is 13.4. The van der Waals surface area contributed by atoms with Gasteiger partial charge < -0.3 is 15.0 Å². The van der Waals surface area contributed by atoms with Crippen molar-refractivity contribution in [1.29, 1.82) is 0 Å². The molecule has 1 fully saturated rings. The number of ether oxygens (including phenoxy) is 1. The molecule has 0 aromatic carbocycles. The van der Waals surface area contributed by atoms with Gasteiger partial charge in [-0.25, -0.2) is 4.79 Å². The molecule has 3 atom stereocenters. The fourth-order valence-corrected chi connectivity index (χ4v) is 5.51. The van der Waals surface area contributed by atoms with Crippen molar-refractivity contribution >= 4 is 23.8 Å². The molecule has 10 heteroatoms. The summed E-state index contributed by atoms with van der Waals surface area (Å²) in [7, 11) is 0. The Bertz CT molecular complexity index is 857. The topological polar surface area (TPSA) is 71.5 Å². The summed E-state index contributed by atoms with van der Waals surface area (Å²) >= 11 is 1.67. The van der Waals surface area contributed by atoms with Gasteiger partial charge in [-0.1, -0.05) is 6.92 Å². The van der Waals surface area contributed by atoms with Crippen LogP contribution in [0.3, 0.4) is 0 Å². The van der Waals surface area contributed by atoms with Crippen LogP contribution >= 0.6 is 11.8 Å². The number of alkyl halides is 3. The molecule has 1 aliphatic carbocycles. The fourth-order valence-electron chi connectivity index (χ4n) is 4.25. The fraction of sp³-hybridized carbons (Fsp3) is 0.682. The average molecular weight is 474 g/mol. The van der Waals surface area contributed by atoms with Crippen LogP contribution in [0, 0.1) is 5.92 Å². The van der Waals surface area contributed by atoms with Crippen LogP contribution in [0.25, 0.3) is 0 Å². The highest BCUT2D eigenvalue weighted by atomic mass is 32.2. The molecule has 1 aromatic heterocycles. The molecule has 0 bridgehead atoms. The van der Waals surface area contributed by atoms with Gasteiger partial charge in [0.1, 0.15) is 5.60 Å². The van der Waals surface area contributed by atoms with E-state index >= 15 is 0 Å². The lowest BCUT2D eigenvalue weighted by Gasteiger charge is -2.32. The number of amides is 2. The Morgan fingerprint density at radius 3 is 2.62 bits per heavy atom. The molecule has 1 aliphatic heterocycles. The van der Waals surface area contributed by atoms with Crippen molar-refractivity contribution in [3.63, 3.8) is 0 Å². The number of nitrogens with one attached hydrogen (secondary N) is 1. The van der Waals surface area contributed by atoms with Crippen LogP contribution in [0.4, 0.5) is 18.0 Å². The van der Waals surface area contributed by atoms with E-state index in [4.69, 9.17) is 4.74 Å². The molecule has 2 heterocycles. The van der Waals surface area contributed by atoms with Crippen LogP contribution < -0.4 is 5.32 Å². The average Bonchev–Trinajstić information content (AvgIpc) is 3.06. The second-order valence-corrected chi connectivity index (χ2v) is 10.8. The normalized spacial score (nSPS) is 23.6. The second kappa shape index (κ2) is 9.49. The molecular formula is C22H30F3N3O3S. The number of carbonyl (C=O) groups excluding carboxylic acids is 2. The van der Waals surface area contributed by atoms with Crippen LogP contribution in [0.1, 0.15) is 57.4 Å². The van der Waals surface area contributed by atoms with Gasteiger partial charge in [-0.05, 0) is 51.0 Å². The molecule has 0 spiro atoms. The van der Waals surface area contributed by atoms with E-state index < -0.39 is 23.4 Å². The third kappa shape index (κ3) is 6.08. The third-order valence-corrected chi connectivity index (χ3v) is 6.88. The number of nitrogens with zero attached hydrogens (tertiary/aromatic N) is 2. The van der Waals surface area contributed by atoms with Gasteiger partial charge in [0.05, 0.1) is 11.5 Å². The summed E-state index contributed by atoms with van der Waals surface area (Å²) in [6.07, 6.45) is -2.55. The van der Waals surface area contributed by atoms with Crippen LogP contribution in [-0.2, 0) is 28.7 Å². The maximum Gasteiger partial charge on any atom is 0.417 e. The van der Waals surface area contributed by atoms with Crippen molar-refractivity contribution in [3.8, 4) is 0 Å². The van der Waals surface area contributed by atoms with E-state index in [1.54, 1.807) is 37.4 Å². The Labute approximate surface area is 190 Å². The lowest BCUT2D eigenvalue weighted by molar-refractivity contribution is -0.138. The zero-order valence-corrected chi connectivity index (χ0v) is 19.6. The summed E-state index contributed by atoms with van der Waals surface area (Å²) in [5.74, 6) is 0.447. The zero-order valence-electron chi connectivity index (χ0n) is 18.8. The predicted molar refractivity (Wildman–Crippen MR) is 116 cm³/mol. The van der Waals surface area contributed by atoms with Crippen molar-refractivity contribution in [3.05, 3.63) is 29.1 Å². The van der Waals surface area contributed by atoms with E-state index in [9.17, 15) is 22.8 Å². The third-order valence-electron chi connectivity index (χ3n) is 5.60. The Hall–Kier alpha value is -1.97. The van der Waals surface area contributed by atoms with E-state index in [2.05, 4.69) is 10.3 Å². The zero-order chi connectivity index (χ0) is 23.7. The van der Waals surface area contributed by atoms with Gasteiger partial charge in [0.2, 0.25) is 5.91 Å².